The summed E-state index contributed by atoms with van der Waals surface area (Å²) in [5, 5.41) is 7.70. The Kier molecular flexibility index (Phi) is 3.31. The molecule has 2 aromatic heterocycles. The first-order valence-corrected chi connectivity index (χ1v) is 6.73. The van der Waals surface area contributed by atoms with Crippen molar-refractivity contribution in [1.82, 2.24) is 15.3 Å². The molecular formula is C13H18N4O3. The molecule has 0 amide bonds. The third kappa shape index (κ3) is 2.59. The summed E-state index contributed by atoms with van der Waals surface area (Å²) >= 11 is 0. The Bertz CT molecular complexity index is 586. The maximum absolute atomic E-state index is 6.21. The molecule has 2 aromatic rings. The molecule has 0 aromatic carbocycles. The second-order valence-corrected chi connectivity index (χ2v) is 5.54. The molecule has 1 aliphatic carbocycles. The first-order valence-electron chi connectivity index (χ1n) is 6.73. The van der Waals surface area contributed by atoms with Gasteiger partial charge in [0.2, 0.25) is 5.76 Å². The van der Waals surface area contributed by atoms with Crippen molar-refractivity contribution in [1.29, 1.82) is 0 Å². The fraction of sp³-hybridized carbons (Fsp3) is 0.615. The minimum atomic E-state index is -0.785. The largest absolute Gasteiger partial charge is 0.376 e. The Balaban J connectivity index is 1.71. The molecule has 7 nitrogen and oxygen atoms in total. The number of ether oxygens (including phenoxy) is 1. The van der Waals surface area contributed by atoms with Crippen molar-refractivity contribution in [3.8, 4) is 11.7 Å². The van der Waals surface area contributed by atoms with Crippen molar-refractivity contribution in [2.45, 2.75) is 44.8 Å². The molecule has 7 heteroatoms. The summed E-state index contributed by atoms with van der Waals surface area (Å²) in [6, 6.07) is 1.73. The normalized spacial score (nSPS) is 18.8. The van der Waals surface area contributed by atoms with Crippen molar-refractivity contribution in [3.63, 3.8) is 0 Å². The molecule has 0 aliphatic heterocycles. The van der Waals surface area contributed by atoms with Gasteiger partial charge in [-0.2, -0.15) is 4.98 Å². The number of aromatic nitrogens is 3. The van der Waals surface area contributed by atoms with Gasteiger partial charge < -0.3 is 19.5 Å². The Morgan fingerprint density at radius 3 is 2.80 bits per heavy atom. The van der Waals surface area contributed by atoms with Gasteiger partial charge in [-0.25, -0.2) is 0 Å². The van der Waals surface area contributed by atoms with E-state index in [4.69, 9.17) is 19.5 Å². The predicted octanol–water partition coefficient (Wildman–Crippen LogP) is 1.78. The van der Waals surface area contributed by atoms with E-state index in [1.807, 2.05) is 13.8 Å². The lowest BCUT2D eigenvalue weighted by atomic mass is 9.95. The van der Waals surface area contributed by atoms with E-state index < -0.39 is 5.54 Å². The zero-order valence-corrected chi connectivity index (χ0v) is 11.6. The van der Waals surface area contributed by atoms with Gasteiger partial charge in [0.05, 0.1) is 18.4 Å². The standard InChI is InChI=1S/C13H18N4O3/c1-8-6-10(19-16-8)11-15-12(17-20-11)13(2,14)7-18-9-4-3-5-9/h6,9H,3-5,7,14H2,1-2H3. The molecule has 0 spiro atoms. The SMILES string of the molecule is Cc1cc(-c2nc(C(C)(N)COC3CCC3)no2)on1. The van der Waals surface area contributed by atoms with E-state index in [1.54, 1.807) is 6.07 Å². The molecule has 1 aliphatic rings. The Morgan fingerprint density at radius 2 is 2.20 bits per heavy atom. The smallest absolute Gasteiger partial charge is 0.296 e. The molecule has 108 valence electrons. The second-order valence-electron chi connectivity index (χ2n) is 5.54. The number of nitrogens with zero attached hydrogens (tertiary/aromatic N) is 3. The third-order valence-corrected chi connectivity index (χ3v) is 3.45. The molecule has 20 heavy (non-hydrogen) atoms. The molecular weight excluding hydrogens is 260 g/mol. The first-order chi connectivity index (χ1) is 9.54. The van der Waals surface area contributed by atoms with Crippen molar-refractivity contribution in [2.75, 3.05) is 6.61 Å². The van der Waals surface area contributed by atoms with Gasteiger partial charge in [-0.1, -0.05) is 10.3 Å². The Hall–Kier alpha value is -1.73. The van der Waals surface area contributed by atoms with Gasteiger partial charge in [0.15, 0.2) is 5.82 Å². The lowest BCUT2D eigenvalue weighted by Crippen LogP contribution is -2.41. The van der Waals surface area contributed by atoms with Gasteiger partial charge in [-0.3, -0.25) is 0 Å². The zero-order valence-electron chi connectivity index (χ0n) is 11.6. The summed E-state index contributed by atoms with van der Waals surface area (Å²) in [5.41, 5.74) is 6.17. The molecule has 2 N–H and O–H groups in total. The van der Waals surface area contributed by atoms with Crippen LogP contribution >= 0.6 is 0 Å². The van der Waals surface area contributed by atoms with Crippen LogP contribution in [0.5, 0.6) is 0 Å². The minimum absolute atomic E-state index is 0.279. The van der Waals surface area contributed by atoms with Crippen LogP contribution in [0.4, 0.5) is 0 Å². The quantitative estimate of drug-likeness (QED) is 0.889. The summed E-state index contributed by atoms with van der Waals surface area (Å²) in [4.78, 5) is 4.27. The second kappa shape index (κ2) is 4.99. The van der Waals surface area contributed by atoms with Crippen LogP contribution in [0.2, 0.25) is 0 Å². The highest BCUT2D eigenvalue weighted by Gasteiger charge is 2.31. The molecule has 1 unspecified atom stereocenters. The van der Waals surface area contributed by atoms with Gasteiger partial charge >= 0.3 is 0 Å². The first kappa shape index (κ1) is 13.3. The van der Waals surface area contributed by atoms with Crippen molar-refractivity contribution in [3.05, 3.63) is 17.6 Å². The van der Waals surface area contributed by atoms with Gasteiger partial charge in [0.25, 0.3) is 5.89 Å². The van der Waals surface area contributed by atoms with Gasteiger partial charge in [-0.15, -0.1) is 0 Å². The number of nitrogens with two attached hydrogens (primary N) is 1. The van der Waals surface area contributed by atoms with Gasteiger partial charge in [0, 0.05) is 6.07 Å². The number of aryl methyl sites for hydroxylation is 1. The highest BCUT2D eigenvalue weighted by molar-refractivity contribution is 5.43. The van der Waals surface area contributed by atoms with Gasteiger partial charge in [0.1, 0.15) is 5.54 Å². The Labute approximate surface area is 116 Å². The maximum Gasteiger partial charge on any atom is 0.296 e. The highest BCUT2D eigenvalue weighted by Crippen LogP contribution is 2.26. The van der Waals surface area contributed by atoms with Gasteiger partial charge in [-0.05, 0) is 33.1 Å². The highest BCUT2D eigenvalue weighted by atomic mass is 16.5. The van der Waals surface area contributed by atoms with Crippen LogP contribution in [0.1, 0.15) is 37.7 Å². The van der Waals surface area contributed by atoms with Crippen LogP contribution in [-0.4, -0.2) is 28.0 Å². The molecule has 1 fully saturated rings. The summed E-state index contributed by atoms with van der Waals surface area (Å²) in [6.45, 7) is 4.02. The van der Waals surface area contributed by atoms with E-state index in [2.05, 4.69) is 15.3 Å². The van der Waals surface area contributed by atoms with E-state index in [1.165, 1.54) is 6.42 Å². The van der Waals surface area contributed by atoms with Crippen LogP contribution in [0.15, 0.2) is 15.1 Å². The molecule has 0 bridgehead atoms. The average Bonchev–Trinajstić information content (AvgIpc) is 2.94. The van der Waals surface area contributed by atoms with E-state index in [-0.39, 0.29) is 5.89 Å². The van der Waals surface area contributed by atoms with Crippen LogP contribution in [0.25, 0.3) is 11.7 Å². The fourth-order valence-corrected chi connectivity index (χ4v) is 1.91. The molecule has 2 heterocycles. The van der Waals surface area contributed by atoms with Crippen LogP contribution in [0, 0.1) is 6.92 Å². The zero-order chi connectivity index (χ0) is 14.2. The van der Waals surface area contributed by atoms with Crippen LogP contribution in [-0.2, 0) is 10.3 Å². The number of hydrogen-bond acceptors (Lipinski definition) is 7. The summed E-state index contributed by atoms with van der Waals surface area (Å²) in [6.07, 6.45) is 3.75. The number of rotatable bonds is 5. The molecule has 0 saturated heterocycles. The lowest BCUT2D eigenvalue weighted by Gasteiger charge is -2.29. The number of hydrogen-bond donors (Lipinski definition) is 1. The third-order valence-electron chi connectivity index (χ3n) is 3.45. The van der Waals surface area contributed by atoms with E-state index in [0.29, 0.717) is 24.3 Å². The fourth-order valence-electron chi connectivity index (χ4n) is 1.91. The van der Waals surface area contributed by atoms with Crippen LogP contribution < -0.4 is 5.73 Å². The minimum Gasteiger partial charge on any atom is -0.376 e. The average molecular weight is 278 g/mol. The predicted molar refractivity (Wildman–Crippen MR) is 69.7 cm³/mol. The van der Waals surface area contributed by atoms with E-state index >= 15 is 0 Å². The monoisotopic (exact) mass is 278 g/mol. The maximum atomic E-state index is 6.21. The summed E-state index contributed by atoms with van der Waals surface area (Å²) < 4.78 is 16.0. The molecule has 1 saturated carbocycles. The van der Waals surface area contributed by atoms with Crippen LogP contribution in [0.3, 0.4) is 0 Å². The molecule has 1 atom stereocenters. The molecule has 3 rings (SSSR count). The Morgan fingerprint density at radius 1 is 1.40 bits per heavy atom. The summed E-state index contributed by atoms with van der Waals surface area (Å²) in [7, 11) is 0. The molecule has 0 radical (unpaired) electrons. The van der Waals surface area contributed by atoms with Crippen molar-refractivity contribution in [2.24, 2.45) is 5.73 Å². The van der Waals surface area contributed by atoms with Crippen molar-refractivity contribution < 1.29 is 13.8 Å². The lowest BCUT2D eigenvalue weighted by molar-refractivity contribution is -0.0222. The van der Waals surface area contributed by atoms with E-state index in [9.17, 15) is 0 Å². The van der Waals surface area contributed by atoms with E-state index in [0.717, 1.165) is 18.5 Å². The van der Waals surface area contributed by atoms with Crippen molar-refractivity contribution >= 4 is 0 Å². The summed E-state index contributed by atoms with van der Waals surface area (Å²) in [5.74, 6) is 1.12. The topological polar surface area (TPSA) is 100 Å².